The van der Waals surface area contributed by atoms with Gasteiger partial charge >= 0.3 is 7.82 Å². The van der Waals surface area contributed by atoms with Crippen molar-refractivity contribution in [2.45, 2.75) is 142 Å². The minimum absolute atomic E-state index is 0.0148. The van der Waals surface area contributed by atoms with Crippen LogP contribution in [0.2, 0.25) is 0 Å². The molecular formula is C29H58NO5P. The van der Waals surface area contributed by atoms with Crippen molar-refractivity contribution in [3.8, 4) is 0 Å². The maximum atomic E-state index is 12.2. The van der Waals surface area contributed by atoms with Crippen molar-refractivity contribution in [1.82, 2.24) is 4.90 Å². The third-order valence-electron chi connectivity index (χ3n) is 7.34. The third kappa shape index (κ3) is 20.8. The number of phosphoric acid groups is 1. The SMILES string of the molecule is CCCCCCCCCCCCCCCCC(COP(=O)(O)OCCCCN1CCCC1)CC(C)=O. The van der Waals surface area contributed by atoms with Crippen LogP contribution in [0.1, 0.15) is 142 Å². The summed E-state index contributed by atoms with van der Waals surface area (Å²) in [6.07, 6.45) is 23.9. The molecule has 6 nitrogen and oxygen atoms in total. The van der Waals surface area contributed by atoms with Crippen LogP contribution >= 0.6 is 7.82 Å². The second kappa shape index (κ2) is 22.7. The fraction of sp³-hybridized carbons (Fsp3) is 0.966. The number of hydrogen-bond acceptors (Lipinski definition) is 5. The molecule has 2 unspecified atom stereocenters. The number of Topliss-reactive ketones (excluding diaryl/α,β-unsaturated/α-hetero) is 1. The first-order chi connectivity index (χ1) is 17.4. The molecule has 1 aliphatic heterocycles. The molecule has 1 heterocycles. The summed E-state index contributed by atoms with van der Waals surface area (Å²) in [6, 6.07) is 0. The molecule has 214 valence electrons. The number of unbranched alkanes of at least 4 members (excludes halogenated alkanes) is 14. The highest BCUT2D eigenvalue weighted by Crippen LogP contribution is 2.44. The van der Waals surface area contributed by atoms with Gasteiger partial charge in [0.2, 0.25) is 0 Å². The standard InChI is InChI=1S/C29H58NO5P/c1-3-4-5-6-7-8-9-10-11-12-13-14-15-16-21-29(26-28(2)31)27-35-36(32,33)34-25-20-19-24-30-22-17-18-23-30/h29H,3-27H2,1-2H3,(H,32,33). The molecule has 0 aliphatic carbocycles. The van der Waals surface area contributed by atoms with Gasteiger partial charge in [-0.1, -0.05) is 96.8 Å². The van der Waals surface area contributed by atoms with Crippen molar-refractivity contribution in [1.29, 1.82) is 0 Å². The highest BCUT2D eigenvalue weighted by atomic mass is 31.2. The fourth-order valence-electron chi connectivity index (χ4n) is 5.14. The highest BCUT2D eigenvalue weighted by molar-refractivity contribution is 7.47. The Morgan fingerprint density at radius 3 is 1.86 bits per heavy atom. The van der Waals surface area contributed by atoms with E-state index < -0.39 is 7.82 Å². The topological polar surface area (TPSA) is 76.1 Å². The van der Waals surface area contributed by atoms with E-state index in [9.17, 15) is 14.3 Å². The first-order valence-electron chi connectivity index (χ1n) is 15.3. The van der Waals surface area contributed by atoms with E-state index in [2.05, 4.69) is 11.8 Å². The van der Waals surface area contributed by atoms with Crippen LogP contribution in [0.3, 0.4) is 0 Å². The van der Waals surface area contributed by atoms with Gasteiger partial charge in [0.25, 0.3) is 0 Å². The molecule has 2 atom stereocenters. The molecule has 1 rings (SSSR count). The number of hydrogen-bond donors (Lipinski definition) is 1. The number of rotatable bonds is 26. The Morgan fingerprint density at radius 1 is 0.806 bits per heavy atom. The Bertz CT molecular complexity index is 568. The van der Waals surface area contributed by atoms with Crippen LogP contribution < -0.4 is 0 Å². The van der Waals surface area contributed by atoms with Gasteiger partial charge < -0.3 is 14.6 Å². The summed E-state index contributed by atoms with van der Waals surface area (Å²) in [5, 5.41) is 0. The second-order valence-electron chi connectivity index (χ2n) is 11.0. The fourth-order valence-corrected chi connectivity index (χ4v) is 5.97. The molecule has 0 aromatic carbocycles. The van der Waals surface area contributed by atoms with Crippen molar-refractivity contribution in [3.63, 3.8) is 0 Å². The summed E-state index contributed by atoms with van der Waals surface area (Å²) in [7, 11) is -4.05. The lowest BCUT2D eigenvalue weighted by atomic mass is 9.96. The van der Waals surface area contributed by atoms with Gasteiger partial charge in [-0.05, 0) is 64.6 Å². The lowest BCUT2D eigenvalue weighted by Crippen LogP contribution is -2.20. The number of nitrogens with zero attached hydrogens (tertiary/aromatic N) is 1. The summed E-state index contributed by atoms with van der Waals surface area (Å²) in [4.78, 5) is 24.1. The van der Waals surface area contributed by atoms with Crippen LogP contribution in [-0.4, -0.2) is 48.4 Å². The molecule has 0 saturated carbocycles. The summed E-state index contributed by atoms with van der Waals surface area (Å²) < 4.78 is 22.7. The van der Waals surface area contributed by atoms with E-state index in [0.717, 1.165) is 38.6 Å². The monoisotopic (exact) mass is 531 g/mol. The van der Waals surface area contributed by atoms with Gasteiger partial charge in [0.05, 0.1) is 13.2 Å². The quantitative estimate of drug-likeness (QED) is 0.0891. The van der Waals surface area contributed by atoms with E-state index in [1.54, 1.807) is 6.92 Å². The van der Waals surface area contributed by atoms with Crippen LogP contribution in [0.25, 0.3) is 0 Å². The zero-order valence-electron chi connectivity index (χ0n) is 23.7. The summed E-state index contributed by atoms with van der Waals surface area (Å²) >= 11 is 0. The molecule has 0 spiro atoms. The zero-order chi connectivity index (χ0) is 26.3. The number of likely N-dealkylation sites (tertiary alicyclic amines) is 1. The Balaban J connectivity index is 2.03. The molecule has 0 bridgehead atoms. The molecule has 7 heteroatoms. The molecule has 0 aromatic rings. The molecule has 0 amide bonds. The Hall–Kier alpha value is -0.260. The first-order valence-corrected chi connectivity index (χ1v) is 16.8. The number of carbonyl (C=O) groups excluding carboxylic acids is 1. The van der Waals surface area contributed by atoms with E-state index in [1.807, 2.05) is 0 Å². The van der Waals surface area contributed by atoms with E-state index in [-0.39, 0.29) is 24.9 Å². The Kier molecular flexibility index (Phi) is 21.3. The van der Waals surface area contributed by atoms with E-state index in [0.29, 0.717) is 6.42 Å². The van der Waals surface area contributed by atoms with E-state index >= 15 is 0 Å². The van der Waals surface area contributed by atoms with Crippen molar-refractivity contribution >= 4 is 13.6 Å². The van der Waals surface area contributed by atoms with Crippen LogP contribution in [0.15, 0.2) is 0 Å². The van der Waals surface area contributed by atoms with Crippen LogP contribution in [0, 0.1) is 5.92 Å². The molecule has 1 fully saturated rings. The first kappa shape index (κ1) is 33.8. The van der Waals surface area contributed by atoms with E-state index in [4.69, 9.17) is 9.05 Å². The van der Waals surface area contributed by atoms with Crippen LogP contribution in [0.5, 0.6) is 0 Å². The van der Waals surface area contributed by atoms with Crippen molar-refractivity contribution in [2.75, 3.05) is 32.8 Å². The van der Waals surface area contributed by atoms with Gasteiger partial charge in [0.15, 0.2) is 0 Å². The largest absolute Gasteiger partial charge is 0.472 e. The molecule has 1 aliphatic rings. The Labute approximate surface area is 222 Å². The van der Waals surface area contributed by atoms with Crippen molar-refractivity contribution in [3.05, 3.63) is 0 Å². The maximum absolute atomic E-state index is 12.2. The normalized spacial score (nSPS) is 16.9. The minimum atomic E-state index is -4.05. The molecule has 36 heavy (non-hydrogen) atoms. The van der Waals surface area contributed by atoms with Crippen LogP contribution in [0.4, 0.5) is 0 Å². The molecule has 0 aromatic heterocycles. The van der Waals surface area contributed by atoms with Crippen LogP contribution in [-0.2, 0) is 18.4 Å². The maximum Gasteiger partial charge on any atom is 0.472 e. The molecular weight excluding hydrogens is 473 g/mol. The molecule has 0 radical (unpaired) electrons. The Morgan fingerprint density at radius 2 is 1.33 bits per heavy atom. The van der Waals surface area contributed by atoms with Gasteiger partial charge in [-0.25, -0.2) is 4.57 Å². The molecule has 1 N–H and O–H groups in total. The van der Waals surface area contributed by atoms with E-state index in [1.165, 1.54) is 103 Å². The average molecular weight is 532 g/mol. The summed E-state index contributed by atoms with van der Waals surface area (Å²) in [5.41, 5.74) is 0. The number of carbonyl (C=O) groups is 1. The van der Waals surface area contributed by atoms with Gasteiger partial charge in [0.1, 0.15) is 5.78 Å². The highest BCUT2D eigenvalue weighted by Gasteiger charge is 2.24. The lowest BCUT2D eigenvalue weighted by molar-refractivity contribution is -0.118. The second-order valence-corrected chi connectivity index (χ2v) is 12.5. The predicted molar refractivity (Wildman–Crippen MR) is 150 cm³/mol. The predicted octanol–water partition coefficient (Wildman–Crippen LogP) is 8.46. The molecule has 1 saturated heterocycles. The van der Waals surface area contributed by atoms with Gasteiger partial charge in [-0.3, -0.25) is 9.05 Å². The lowest BCUT2D eigenvalue weighted by Gasteiger charge is -2.18. The smallest absolute Gasteiger partial charge is 0.303 e. The third-order valence-corrected chi connectivity index (χ3v) is 8.32. The van der Waals surface area contributed by atoms with Crippen molar-refractivity contribution < 1.29 is 23.3 Å². The minimum Gasteiger partial charge on any atom is -0.303 e. The zero-order valence-corrected chi connectivity index (χ0v) is 24.6. The van der Waals surface area contributed by atoms with Crippen molar-refractivity contribution in [2.24, 2.45) is 5.92 Å². The number of ketones is 1. The van der Waals surface area contributed by atoms with Gasteiger partial charge in [-0.2, -0.15) is 0 Å². The van der Waals surface area contributed by atoms with Gasteiger partial charge in [-0.15, -0.1) is 0 Å². The average Bonchev–Trinajstić information content (AvgIpc) is 3.35. The summed E-state index contributed by atoms with van der Waals surface area (Å²) in [6.45, 7) is 7.55. The van der Waals surface area contributed by atoms with Gasteiger partial charge in [0, 0.05) is 6.42 Å². The number of phosphoric ester groups is 1. The summed E-state index contributed by atoms with van der Waals surface area (Å²) in [5.74, 6) is 0.0867.